The third kappa shape index (κ3) is 2.86. The molecule has 1 fully saturated rings. The molecule has 0 aromatic carbocycles. The third-order valence-electron chi connectivity index (χ3n) is 4.68. The van der Waals surface area contributed by atoms with Crippen LogP contribution >= 0.6 is 23.1 Å². The molecule has 128 valence electrons. The van der Waals surface area contributed by atoms with Crippen LogP contribution in [0.4, 0.5) is 0 Å². The molecule has 1 aromatic rings. The highest BCUT2D eigenvalue weighted by atomic mass is 32.2. The van der Waals surface area contributed by atoms with Crippen LogP contribution < -0.4 is 0 Å². The summed E-state index contributed by atoms with van der Waals surface area (Å²) in [5.41, 5.74) is 3.22. The summed E-state index contributed by atoms with van der Waals surface area (Å²) in [6, 6.07) is 2.11. The second kappa shape index (κ2) is 6.84. The first-order valence-electron chi connectivity index (χ1n) is 8.01. The van der Waals surface area contributed by atoms with E-state index < -0.39 is 0 Å². The number of hydrogen-bond donors (Lipinski definition) is 0. The Kier molecular flexibility index (Phi) is 4.97. The molecule has 1 aromatic heterocycles. The number of ether oxygens (including phenoxy) is 1. The highest BCUT2D eigenvalue weighted by Crippen LogP contribution is 2.47. The number of carbonyl (C=O) groups excluding carboxylic acids is 2. The van der Waals surface area contributed by atoms with Crippen molar-refractivity contribution in [2.24, 2.45) is 10.9 Å². The smallest absolute Gasteiger partial charge is 0.336 e. The fraction of sp³-hybridized carbons (Fsp3) is 0.500. The second-order valence-corrected chi connectivity index (χ2v) is 8.50. The number of ketones is 1. The Morgan fingerprint density at radius 3 is 2.75 bits per heavy atom. The van der Waals surface area contributed by atoms with Crippen molar-refractivity contribution in [3.8, 4) is 0 Å². The summed E-state index contributed by atoms with van der Waals surface area (Å²) in [7, 11) is 1.38. The molecule has 0 N–H and O–H groups in total. The Bertz CT molecular complexity index is 760. The molecule has 0 saturated heterocycles. The molecule has 4 nitrogen and oxygen atoms in total. The van der Waals surface area contributed by atoms with E-state index in [1.165, 1.54) is 12.0 Å². The van der Waals surface area contributed by atoms with Crippen molar-refractivity contribution in [3.05, 3.63) is 27.8 Å². The van der Waals surface area contributed by atoms with Crippen molar-refractivity contribution in [1.29, 1.82) is 0 Å². The predicted molar refractivity (Wildman–Crippen MR) is 98.1 cm³/mol. The average molecular weight is 364 g/mol. The largest absolute Gasteiger partial charge is 0.466 e. The first-order valence-corrected chi connectivity index (χ1v) is 10.1. The van der Waals surface area contributed by atoms with Gasteiger partial charge in [-0.1, -0.05) is 0 Å². The van der Waals surface area contributed by atoms with Gasteiger partial charge in [-0.05, 0) is 44.6 Å². The molecule has 1 aliphatic carbocycles. The standard InChI is InChI=1S/C18H21NO3S2/c1-9-8-11(18(23-4)24-9)15-14(17(21)22-3)10(2)19-12-6-5-7-13(20)16(12)15/h8,15-16H,5-7H2,1-4H3/t15-,16?/m0/s1. The number of nitrogens with zero attached hydrogens (tertiary/aromatic N) is 1. The summed E-state index contributed by atoms with van der Waals surface area (Å²) in [4.78, 5) is 31.0. The molecule has 24 heavy (non-hydrogen) atoms. The van der Waals surface area contributed by atoms with Gasteiger partial charge in [-0.25, -0.2) is 4.79 Å². The van der Waals surface area contributed by atoms with Gasteiger partial charge in [0.05, 0.1) is 22.8 Å². The van der Waals surface area contributed by atoms with Gasteiger partial charge >= 0.3 is 5.97 Å². The molecule has 2 aliphatic rings. The number of allylic oxidation sites excluding steroid dienone is 1. The molecule has 0 bridgehead atoms. The number of fused-ring (bicyclic) bond motifs is 1. The second-order valence-electron chi connectivity index (χ2n) is 6.17. The maximum Gasteiger partial charge on any atom is 0.336 e. The Balaban J connectivity index is 2.22. The highest BCUT2D eigenvalue weighted by Gasteiger charge is 2.44. The number of Topliss-reactive ketones (excluding diaryl/α,β-unsaturated/α-hetero) is 1. The maximum absolute atomic E-state index is 12.7. The summed E-state index contributed by atoms with van der Waals surface area (Å²) in [6.45, 7) is 3.91. The van der Waals surface area contributed by atoms with E-state index in [0.717, 1.165) is 28.3 Å². The topological polar surface area (TPSA) is 55.7 Å². The van der Waals surface area contributed by atoms with Crippen LogP contribution in [0.5, 0.6) is 0 Å². The lowest BCUT2D eigenvalue weighted by atomic mass is 9.70. The SMILES string of the molecule is COC(=O)C1=C(C)N=C2CCCC(=O)C2[C@H]1c1cc(C)sc1SC. The molecule has 1 saturated carbocycles. The number of thioether (sulfide) groups is 1. The number of aliphatic imine (C=N–C) groups is 1. The van der Waals surface area contributed by atoms with E-state index in [-0.39, 0.29) is 23.6 Å². The van der Waals surface area contributed by atoms with Gasteiger partial charge in [-0.2, -0.15) is 0 Å². The lowest BCUT2D eigenvalue weighted by molar-refractivity contribution is -0.136. The summed E-state index contributed by atoms with van der Waals surface area (Å²) >= 11 is 3.37. The number of thiophene rings is 1. The summed E-state index contributed by atoms with van der Waals surface area (Å²) in [5, 5.41) is 0. The van der Waals surface area contributed by atoms with E-state index in [9.17, 15) is 9.59 Å². The first kappa shape index (κ1) is 17.4. The Morgan fingerprint density at radius 2 is 2.08 bits per heavy atom. The number of methoxy groups -OCH3 is 1. The predicted octanol–water partition coefficient (Wildman–Crippen LogP) is 4.13. The van der Waals surface area contributed by atoms with Gasteiger partial charge in [0.25, 0.3) is 0 Å². The van der Waals surface area contributed by atoms with Crippen molar-refractivity contribution < 1.29 is 14.3 Å². The summed E-state index contributed by atoms with van der Waals surface area (Å²) < 4.78 is 6.18. The molecule has 0 spiro atoms. The number of hydrogen-bond acceptors (Lipinski definition) is 6. The molecular weight excluding hydrogens is 342 g/mol. The molecule has 3 rings (SSSR count). The van der Waals surface area contributed by atoms with Crippen molar-refractivity contribution in [1.82, 2.24) is 0 Å². The third-order valence-corrected chi connectivity index (χ3v) is 6.90. The van der Waals surface area contributed by atoms with Crippen molar-refractivity contribution in [2.45, 2.75) is 43.2 Å². The Hall–Kier alpha value is -1.40. The van der Waals surface area contributed by atoms with Crippen molar-refractivity contribution >= 4 is 40.6 Å². The number of esters is 1. The maximum atomic E-state index is 12.7. The number of aryl methyl sites for hydroxylation is 1. The van der Waals surface area contributed by atoms with Crippen LogP contribution in [-0.4, -0.2) is 30.8 Å². The van der Waals surface area contributed by atoms with Gasteiger partial charge in [0.15, 0.2) is 0 Å². The van der Waals surface area contributed by atoms with Gasteiger partial charge in [0.2, 0.25) is 0 Å². The molecule has 2 heterocycles. The molecule has 1 aliphatic heterocycles. The Labute approximate surface area is 150 Å². The molecular formula is C18H21NO3S2. The molecule has 6 heteroatoms. The zero-order valence-corrected chi connectivity index (χ0v) is 16.0. The van der Waals surface area contributed by atoms with Crippen LogP contribution in [0.2, 0.25) is 0 Å². The van der Waals surface area contributed by atoms with Crippen LogP contribution in [0.3, 0.4) is 0 Å². The van der Waals surface area contributed by atoms with Gasteiger partial charge < -0.3 is 4.74 Å². The molecule has 0 amide bonds. The summed E-state index contributed by atoms with van der Waals surface area (Å²) in [6.07, 6.45) is 4.27. The molecule has 0 radical (unpaired) electrons. The van der Waals surface area contributed by atoms with Gasteiger partial charge in [-0.15, -0.1) is 23.1 Å². The Morgan fingerprint density at radius 1 is 1.33 bits per heavy atom. The lowest BCUT2D eigenvalue weighted by Crippen LogP contribution is -2.39. The van der Waals surface area contributed by atoms with Gasteiger partial charge in [0.1, 0.15) is 5.78 Å². The zero-order chi connectivity index (χ0) is 17.4. The van der Waals surface area contributed by atoms with E-state index in [0.29, 0.717) is 17.7 Å². The van der Waals surface area contributed by atoms with Crippen LogP contribution in [0.15, 0.2) is 26.5 Å². The molecule has 1 unspecified atom stereocenters. The minimum absolute atomic E-state index is 0.190. The highest BCUT2D eigenvalue weighted by molar-refractivity contribution is 8.00. The monoisotopic (exact) mass is 363 g/mol. The quantitative estimate of drug-likeness (QED) is 0.598. The normalized spacial score (nSPS) is 23.8. The number of carbonyl (C=O) groups is 2. The molecule has 2 atom stereocenters. The minimum Gasteiger partial charge on any atom is -0.466 e. The minimum atomic E-state index is -0.380. The fourth-order valence-electron chi connectivity index (χ4n) is 3.72. The summed E-state index contributed by atoms with van der Waals surface area (Å²) in [5.74, 6) is -0.786. The average Bonchev–Trinajstić information content (AvgIpc) is 2.93. The van der Waals surface area contributed by atoms with Gasteiger partial charge in [-0.3, -0.25) is 9.79 Å². The first-order chi connectivity index (χ1) is 11.5. The van der Waals surface area contributed by atoms with E-state index in [1.807, 2.05) is 13.2 Å². The lowest BCUT2D eigenvalue weighted by Gasteiger charge is -2.35. The van der Waals surface area contributed by atoms with Crippen LogP contribution in [0.25, 0.3) is 0 Å². The fourth-order valence-corrected chi connectivity index (χ4v) is 5.65. The van der Waals surface area contributed by atoms with Crippen molar-refractivity contribution in [3.63, 3.8) is 0 Å². The number of rotatable bonds is 3. The van der Waals surface area contributed by atoms with Crippen molar-refractivity contribution in [2.75, 3.05) is 13.4 Å². The van der Waals surface area contributed by atoms with Crippen LogP contribution in [0.1, 0.15) is 42.5 Å². The van der Waals surface area contributed by atoms with Crippen LogP contribution in [0, 0.1) is 12.8 Å². The van der Waals surface area contributed by atoms with E-state index in [1.54, 1.807) is 23.1 Å². The van der Waals surface area contributed by atoms with E-state index >= 15 is 0 Å². The van der Waals surface area contributed by atoms with E-state index in [2.05, 4.69) is 18.0 Å². The van der Waals surface area contributed by atoms with Crippen LogP contribution in [-0.2, 0) is 14.3 Å². The van der Waals surface area contributed by atoms with E-state index in [4.69, 9.17) is 4.74 Å². The van der Waals surface area contributed by atoms with Gasteiger partial charge in [0, 0.05) is 28.6 Å². The zero-order valence-electron chi connectivity index (χ0n) is 14.3.